The van der Waals surface area contributed by atoms with E-state index in [-0.39, 0.29) is 12.1 Å². The summed E-state index contributed by atoms with van der Waals surface area (Å²) in [6.45, 7) is 6.09. The molecule has 5 heteroatoms. The highest BCUT2D eigenvalue weighted by molar-refractivity contribution is 5.17. The van der Waals surface area contributed by atoms with Crippen LogP contribution in [0.3, 0.4) is 0 Å². The summed E-state index contributed by atoms with van der Waals surface area (Å²) < 4.78 is 5.34. The molecule has 0 fully saturated rings. The first-order valence-corrected chi connectivity index (χ1v) is 5.11. The first kappa shape index (κ1) is 11.8. The Morgan fingerprint density at radius 3 is 2.40 bits per heavy atom. The average molecular weight is 210 g/mol. The summed E-state index contributed by atoms with van der Waals surface area (Å²) in [4.78, 5) is 12.5. The summed E-state index contributed by atoms with van der Waals surface area (Å²) in [5.41, 5.74) is 5.61. The summed E-state index contributed by atoms with van der Waals surface area (Å²) in [6, 6.07) is 0. The lowest BCUT2D eigenvalue weighted by Crippen LogP contribution is -2.16. The van der Waals surface area contributed by atoms with E-state index in [1.165, 1.54) is 0 Å². The predicted octanol–water partition coefficient (Wildman–Crippen LogP) is 1.36. The average Bonchev–Trinajstić information content (AvgIpc) is 2.17. The number of hydrogen-bond acceptors (Lipinski definition) is 5. The van der Waals surface area contributed by atoms with Crippen molar-refractivity contribution in [1.82, 2.24) is 15.0 Å². The number of aryl methyl sites for hydroxylation is 1. The summed E-state index contributed by atoms with van der Waals surface area (Å²) in [5.74, 6) is 1.90. The fraction of sp³-hybridized carbons (Fsp3) is 0.700. The minimum absolute atomic E-state index is 0.124. The zero-order valence-electron chi connectivity index (χ0n) is 9.69. The molecule has 0 radical (unpaired) electrons. The van der Waals surface area contributed by atoms with Gasteiger partial charge in [0.15, 0.2) is 5.82 Å². The number of rotatable bonds is 4. The maximum absolute atomic E-state index is 5.61. The van der Waals surface area contributed by atoms with Gasteiger partial charge in [-0.2, -0.15) is 9.97 Å². The Morgan fingerprint density at radius 1 is 1.27 bits per heavy atom. The molecule has 0 aliphatic carbocycles. The van der Waals surface area contributed by atoms with Gasteiger partial charge >= 0.3 is 0 Å². The van der Waals surface area contributed by atoms with Gasteiger partial charge in [-0.15, -0.1) is 0 Å². The topological polar surface area (TPSA) is 73.9 Å². The number of nitrogens with two attached hydrogens (primary N) is 1. The minimum Gasteiger partial charge on any atom is -0.373 e. The highest BCUT2D eigenvalue weighted by Crippen LogP contribution is 2.22. The van der Waals surface area contributed by atoms with Crippen molar-refractivity contribution in [2.24, 2.45) is 5.92 Å². The lowest BCUT2D eigenvalue weighted by molar-refractivity contribution is 0.0572. The molecule has 0 saturated carbocycles. The molecule has 0 spiro atoms. The summed E-state index contributed by atoms with van der Waals surface area (Å²) in [7, 11) is 1.65. The number of nitrogens with zero attached hydrogens (tertiary/aromatic N) is 3. The van der Waals surface area contributed by atoms with Gasteiger partial charge < -0.3 is 10.5 Å². The molecule has 1 aromatic heterocycles. The molecule has 0 aromatic carbocycles. The fourth-order valence-electron chi connectivity index (χ4n) is 1.42. The Hall–Kier alpha value is -1.23. The van der Waals surface area contributed by atoms with E-state index in [0.29, 0.717) is 17.6 Å². The van der Waals surface area contributed by atoms with E-state index in [2.05, 4.69) is 28.8 Å². The first-order chi connectivity index (χ1) is 7.08. The normalized spacial score (nSPS) is 13.1. The molecule has 2 N–H and O–H groups in total. The summed E-state index contributed by atoms with van der Waals surface area (Å²) in [5, 5.41) is 0. The maximum atomic E-state index is 5.61. The molecule has 0 saturated heterocycles. The van der Waals surface area contributed by atoms with E-state index in [4.69, 9.17) is 10.5 Å². The number of anilines is 1. The second kappa shape index (κ2) is 5.02. The Kier molecular flexibility index (Phi) is 3.96. The van der Waals surface area contributed by atoms with Crippen molar-refractivity contribution in [2.45, 2.75) is 33.3 Å². The molecule has 1 rings (SSSR count). The van der Waals surface area contributed by atoms with Crippen LogP contribution in [0.25, 0.3) is 0 Å². The third-order valence-electron chi connectivity index (χ3n) is 2.15. The van der Waals surface area contributed by atoms with Crippen LogP contribution in [0.15, 0.2) is 0 Å². The van der Waals surface area contributed by atoms with Crippen LogP contribution in [0, 0.1) is 5.92 Å². The number of aromatic nitrogens is 3. The largest absolute Gasteiger partial charge is 0.373 e. The van der Waals surface area contributed by atoms with Crippen LogP contribution in [-0.4, -0.2) is 22.1 Å². The summed E-state index contributed by atoms with van der Waals surface area (Å²) in [6.07, 6.45) is 0.620. The van der Waals surface area contributed by atoms with Gasteiger partial charge in [-0.05, 0) is 5.92 Å². The molecule has 0 amide bonds. The van der Waals surface area contributed by atoms with Crippen molar-refractivity contribution in [3.05, 3.63) is 11.6 Å². The van der Waals surface area contributed by atoms with Crippen molar-refractivity contribution in [3.63, 3.8) is 0 Å². The molecule has 1 heterocycles. The van der Waals surface area contributed by atoms with Crippen molar-refractivity contribution in [1.29, 1.82) is 0 Å². The van der Waals surface area contributed by atoms with Crippen molar-refractivity contribution in [3.8, 4) is 0 Å². The van der Waals surface area contributed by atoms with E-state index in [1.54, 1.807) is 7.11 Å². The van der Waals surface area contributed by atoms with Crippen LogP contribution in [0.5, 0.6) is 0 Å². The molecule has 5 nitrogen and oxygen atoms in total. The Labute approximate surface area is 90.1 Å². The Morgan fingerprint density at radius 2 is 1.93 bits per heavy atom. The molecular weight excluding hydrogens is 192 g/mol. The SMILES string of the molecule is CCc1nc(N)nc(C(OC)C(C)C)n1. The Bertz CT molecular complexity index is 327. The highest BCUT2D eigenvalue weighted by atomic mass is 16.5. The van der Waals surface area contributed by atoms with Crippen LogP contribution in [-0.2, 0) is 11.2 Å². The highest BCUT2D eigenvalue weighted by Gasteiger charge is 2.19. The zero-order chi connectivity index (χ0) is 11.4. The number of methoxy groups -OCH3 is 1. The third-order valence-corrected chi connectivity index (χ3v) is 2.15. The number of ether oxygens (including phenoxy) is 1. The predicted molar refractivity (Wildman–Crippen MR) is 58.2 cm³/mol. The fourth-order valence-corrected chi connectivity index (χ4v) is 1.42. The molecule has 0 bridgehead atoms. The monoisotopic (exact) mass is 210 g/mol. The van der Waals surface area contributed by atoms with Crippen molar-refractivity contribution < 1.29 is 4.74 Å². The van der Waals surface area contributed by atoms with Gasteiger partial charge in [0.1, 0.15) is 11.9 Å². The second-order valence-electron chi connectivity index (χ2n) is 3.72. The molecule has 1 atom stereocenters. The van der Waals surface area contributed by atoms with Crippen LogP contribution in [0.2, 0.25) is 0 Å². The van der Waals surface area contributed by atoms with E-state index >= 15 is 0 Å². The van der Waals surface area contributed by atoms with Crippen molar-refractivity contribution >= 4 is 5.95 Å². The molecule has 0 aliphatic rings. The molecular formula is C10H18N4O. The Balaban J connectivity index is 3.06. The van der Waals surface area contributed by atoms with Crippen molar-refractivity contribution in [2.75, 3.05) is 12.8 Å². The van der Waals surface area contributed by atoms with E-state index < -0.39 is 0 Å². The standard InChI is InChI=1S/C10H18N4O/c1-5-7-12-9(14-10(11)13-7)8(15-4)6(2)3/h6,8H,5H2,1-4H3,(H2,11,12,13,14). The molecule has 15 heavy (non-hydrogen) atoms. The van der Waals surface area contributed by atoms with Gasteiger partial charge in [0.25, 0.3) is 0 Å². The third kappa shape index (κ3) is 2.86. The minimum atomic E-state index is -0.124. The lowest BCUT2D eigenvalue weighted by Gasteiger charge is -2.17. The van der Waals surface area contributed by atoms with Crippen LogP contribution in [0.4, 0.5) is 5.95 Å². The van der Waals surface area contributed by atoms with Crippen LogP contribution >= 0.6 is 0 Å². The van der Waals surface area contributed by atoms with Crippen LogP contribution < -0.4 is 5.73 Å². The maximum Gasteiger partial charge on any atom is 0.223 e. The van der Waals surface area contributed by atoms with E-state index in [9.17, 15) is 0 Å². The molecule has 1 aromatic rings. The van der Waals surface area contributed by atoms with E-state index in [1.807, 2.05) is 6.92 Å². The van der Waals surface area contributed by atoms with Gasteiger partial charge in [-0.25, -0.2) is 4.98 Å². The van der Waals surface area contributed by atoms with Gasteiger partial charge in [0.05, 0.1) is 0 Å². The van der Waals surface area contributed by atoms with Gasteiger partial charge in [-0.3, -0.25) is 0 Å². The smallest absolute Gasteiger partial charge is 0.223 e. The quantitative estimate of drug-likeness (QED) is 0.812. The number of nitrogen functional groups attached to an aromatic ring is 1. The van der Waals surface area contributed by atoms with Gasteiger partial charge in [-0.1, -0.05) is 20.8 Å². The second-order valence-corrected chi connectivity index (χ2v) is 3.72. The molecule has 1 unspecified atom stereocenters. The molecule has 0 aliphatic heterocycles. The number of hydrogen-bond donors (Lipinski definition) is 1. The van der Waals surface area contributed by atoms with Crippen LogP contribution in [0.1, 0.15) is 38.5 Å². The summed E-state index contributed by atoms with van der Waals surface area (Å²) >= 11 is 0. The van der Waals surface area contributed by atoms with E-state index in [0.717, 1.165) is 6.42 Å². The van der Waals surface area contributed by atoms with Gasteiger partial charge in [0.2, 0.25) is 5.95 Å². The first-order valence-electron chi connectivity index (χ1n) is 5.11. The van der Waals surface area contributed by atoms with Gasteiger partial charge in [0, 0.05) is 13.5 Å². The molecule has 84 valence electrons. The zero-order valence-corrected chi connectivity index (χ0v) is 9.69. The lowest BCUT2D eigenvalue weighted by atomic mass is 10.1.